The monoisotopic (exact) mass is 361 g/mol. The van der Waals surface area contributed by atoms with E-state index in [0.717, 1.165) is 6.07 Å². The first kappa shape index (κ1) is 18.3. The third-order valence-electron chi connectivity index (χ3n) is 3.29. The van der Waals surface area contributed by atoms with Crippen LogP contribution in [0, 0.1) is 19.7 Å². The number of carbonyl (C=O) groups is 1. The average Bonchev–Trinajstić information content (AvgIpc) is 2.85. The van der Waals surface area contributed by atoms with Crippen molar-refractivity contribution in [3.05, 3.63) is 40.8 Å². The van der Waals surface area contributed by atoms with Crippen molar-refractivity contribution in [3.63, 3.8) is 0 Å². The zero-order valence-corrected chi connectivity index (χ0v) is 14.0. The fourth-order valence-electron chi connectivity index (χ4n) is 2.13. The number of halogens is 4. The molecule has 0 radical (unpaired) electrons. The molecule has 0 saturated carbocycles. The van der Waals surface area contributed by atoms with Crippen LogP contribution < -0.4 is 5.32 Å². The van der Waals surface area contributed by atoms with E-state index in [0.29, 0.717) is 10.7 Å². The number of hydrogen-bond donors (Lipinski definition) is 1. The number of nitrogens with zero attached hydrogens (tertiary/aromatic N) is 2. The average molecular weight is 361 g/mol. The molecule has 0 unspecified atom stereocenters. The number of amides is 1. The SMILES string of the molecule is CSc1cc(C)n(-c2cc(C(=O)NCC(F)(F)F)c(C)cc2F)n1. The van der Waals surface area contributed by atoms with E-state index < -0.39 is 24.4 Å². The van der Waals surface area contributed by atoms with Crippen molar-refractivity contribution in [1.29, 1.82) is 0 Å². The van der Waals surface area contributed by atoms with Gasteiger partial charge in [0.2, 0.25) is 0 Å². The van der Waals surface area contributed by atoms with Gasteiger partial charge in [-0.2, -0.15) is 18.3 Å². The Morgan fingerprint density at radius 2 is 1.96 bits per heavy atom. The molecule has 1 aromatic carbocycles. The van der Waals surface area contributed by atoms with Gasteiger partial charge >= 0.3 is 6.18 Å². The predicted molar refractivity (Wildman–Crippen MR) is 83.2 cm³/mol. The molecule has 130 valence electrons. The Balaban J connectivity index is 2.41. The van der Waals surface area contributed by atoms with Gasteiger partial charge in [0.25, 0.3) is 5.91 Å². The summed E-state index contributed by atoms with van der Waals surface area (Å²) in [7, 11) is 0. The van der Waals surface area contributed by atoms with Crippen LogP contribution >= 0.6 is 11.8 Å². The van der Waals surface area contributed by atoms with Crippen molar-refractivity contribution in [2.24, 2.45) is 0 Å². The molecule has 0 spiro atoms. The van der Waals surface area contributed by atoms with Gasteiger partial charge in [-0.25, -0.2) is 9.07 Å². The summed E-state index contributed by atoms with van der Waals surface area (Å²) in [5.74, 6) is -1.53. The third kappa shape index (κ3) is 4.08. The van der Waals surface area contributed by atoms with E-state index in [1.54, 1.807) is 18.3 Å². The van der Waals surface area contributed by atoms with Gasteiger partial charge in [-0.15, -0.1) is 11.8 Å². The second kappa shape index (κ2) is 6.84. The van der Waals surface area contributed by atoms with Crippen LogP contribution in [0.3, 0.4) is 0 Å². The van der Waals surface area contributed by atoms with Gasteiger partial charge in [0.15, 0.2) is 0 Å². The summed E-state index contributed by atoms with van der Waals surface area (Å²) in [5, 5.41) is 6.65. The number of nitrogens with one attached hydrogen (secondary N) is 1. The molecule has 0 aliphatic carbocycles. The number of alkyl halides is 3. The van der Waals surface area contributed by atoms with E-state index in [2.05, 4.69) is 5.10 Å². The Labute approximate surface area is 140 Å². The highest BCUT2D eigenvalue weighted by atomic mass is 32.2. The number of benzene rings is 1. The topological polar surface area (TPSA) is 46.9 Å². The maximum atomic E-state index is 14.3. The molecule has 24 heavy (non-hydrogen) atoms. The van der Waals surface area contributed by atoms with Crippen molar-refractivity contribution >= 4 is 17.7 Å². The van der Waals surface area contributed by atoms with Crippen LogP contribution in [0.2, 0.25) is 0 Å². The molecule has 4 nitrogen and oxygen atoms in total. The molecule has 0 fully saturated rings. The number of thioether (sulfide) groups is 1. The molecule has 0 aliphatic rings. The van der Waals surface area contributed by atoms with Crippen LogP contribution in [0.4, 0.5) is 17.6 Å². The minimum atomic E-state index is -4.52. The van der Waals surface area contributed by atoms with Gasteiger partial charge in [0.1, 0.15) is 23.1 Å². The normalized spacial score (nSPS) is 11.6. The van der Waals surface area contributed by atoms with Gasteiger partial charge in [-0.05, 0) is 43.9 Å². The van der Waals surface area contributed by atoms with Crippen LogP contribution in [-0.2, 0) is 0 Å². The van der Waals surface area contributed by atoms with Crippen molar-refractivity contribution < 1.29 is 22.4 Å². The molecule has 9 heteroatoms. The number of rotatable bonds is 4. The highest BCUT2D eigenvalue weighted by Crippen LogP contribution is 2.23. The summed E-state index contributed by atoms with van der Waals surface area (Å²) in [5.41, 5.74) is 0.862. The molecule has 0 saturated heterocycles. The third-order valence-corrected chi connectivity index (χ3v) is 3.91. The highest BCUT2D eigenvalue weighted by molar-refractivity contribution is 7.98. The smallest absolute Gasteiger partial charge is 0.343 e. The van der Waals surface area contributed by atoms with E-state index in [-0.39, 0.29) is 16.8 Å². The second-order valence-corrected chi connectivity index (χ2v) is 5.98. The molecular formula is C15H15F4N3OS. The van der Waals surface area contributed by atoms with Crippen LogP contribution in [0.25, 0.3) is 5.69 Å². The number of hydrogen-bond acceptors (Lipinski definition) is 3. The van der Waals surface area contributed by atoms with Gasteiger partial charge in [0.05, 0.1) is 0 Å². The molecule has 2 rings (SSSR count). The van der Waals surface area contributed by atoms with Crippen LogP contribution in [0.15, 0.2) is 23.2 Å². The summed E-state index contributed by atoms with van der Waals surface area (Å²) in [6, 6.07) is 4.06. The molecular weight excluding hydrogens is 346 g/mol. The van der Waals surface area contributed by atoms with Gasteiger partial charge in [0, 0.05) is 11.3 Å². The van der Waals surface area contributed by atoms with Crippen LogP contribution in [0.5, 0.6) is 0 Å². The molecule has 1 heterocycles. The molecule has 2 aromatic rings. The fourth-order valence-corrected chi connectivity index (χ4v) is 2.59. The van der Waals surface area contributed by atoms with E-state index in [9.17, 15) is 22.4 Å². The summed E-state index contributed by atoms with van der Waals surface area (Å²) < 4.78 is 52.3. The number of carbonyl (C=O) groups excluding carboxylic acids is 1. The van der Waals surface area contributed by atoms with E-state index in [4.69, 9.17) is 0 Å². The summed E-state index contributed by atoms with van der Waals surface area (Å²) >= 11 is 1.37. The maximum absolute atomic E-state index is 14.3. The van der Waals surface area contributed by atoms with Gasteiger partial charge in [-0.3, -0.25) is 4.79 Å². The van der Waals surface area contributed by atoms with E-state index in [1.807, 2.05) is 6.26 Å². The first-order chi connectivity index (χ1) is 11.1. The molecule has 0 bridgehead atoms. The lowest BCUT2D eigenvalue weighted by Gasteiger charge is -2.13. The Hall–Kier alpha value is -2.03. The first-order valence-corrected chi connectivity index (χ1v) is 8.11. The minimum Gasteiger partial charge on any atom is -0.343 e. The summed E-state index contributed by atoms with van der Waals surface area (Å²) in [6.45, 7) is 1.73. The molecule has 1 amide bonds. The zero-order chi connectivity index (χ0) is 18.1. The largest absolute Gasteiger partial charge is 0.405 e. The lowest BCUT2D eigenvalue weighted by molar-refractivity contribution is -0.123. The van der Waals surface area contributed by atoms with E-state index >= 15 is 0 Å². The molecule has 0 aliphatic heterocycles. The quantitative estimate of drug-likeness (QED) is 0.668. The van der Waals surface area contributed by atoms with Crippen molar-refractivity contribution in [3.8, 4) is 5.69 Å². The zero-order valence-electron chi connectivity index (χ0n) is 13.2. The fraction of sp³-hybridized carbons (Fsp3) is 0.333. The lowest BCUT2D eigenvalue weighted by Crippen LogP contribution is -2.34. The van der Waals surface area contributed by atoms with Crippen LogP contribution in [0.1, 0.15) is 21.6 Å². The molecule has 1 aromatic heterocycles. The maximum Gasteiger partial charge on any atom is 0.405 e. The van der Waals surface area contributed by atoms with Gasteiger partial charge < -0.3 is 5.32 Å². The standard InChI is InChI=1S/C15H15F4N3OS/c1-8-4-11(16)12(22-9(2)5-13(21-22)24-3)6-10(8)14(23)20-7-15(17,18)19/h4-6H,7H2,1-3H3,(H,20,23). The Morgan fingerprint density at radius 1 is 1.29 bits per heavy atom. The summed E-state index contributed by atoms with van der Waals surface area (Å²) in [4.78, 5) is 12.0. The Bertz CT molecular complexity index is 771. The Kier molecular flexibility index (Phi) is 5.22. The van der Waals surface area contributed by atoms with Crippen molar-refractivity contribution in [2.45, 2.75) is 25.0 Å². The van der Waals surface area contributed by atoms with E-state index in [1.165, 1.54) is 29.4 Å². The highest BCUT2D eigenvalue weighted by Gasteiger charge is 2.28. The number of aryl methyl sites for hydroxylation is 2. The predicted octanol–water partition coefficient (Wildman–Crippen LogP) is 3.64. The molecule has 1 N–H and O–H groups in total. The van der Waals surface area contributed by atoms with Gasteiger partial charge in [-0.1, -0.05) is 0 Å². The van der Waals surface area contributed by atoms with Crippen molar-refractivity contribution in [2.75, 3.05) is 12.8 Å². The van der Waals surface area contributed by atoms with Crippen LogP contribution in [-0.4, -0.2) is 34.7 Å². The second-order valence-electron chi connectivity index (χ2n) is 5.16. The lowest BCUT2D eigenvalue weighted by atomic mass is 10.1. The number of aromatic nitrogens is 2. The molecule has 0 atom stereocenters. The summed E-state index contributed by atoms with van der Waals surface area (Å²) in [6.07, 6.45) is -2.70. The minimum absolute atomic E-state index is 0.00978. The first-order valence-electron chi connectivity index (χ1n) is 6.88. The Morgan fingerprint density at radius 3 is 2.50 bits per heavy atom. The van der Waals surface area contributed by atoms with Crippen molar-refractivity contribution in [1.82, 2.24) is 15.1 Å².